The van der Waals surface area contributed by atoms with Crippen molar-refractivity contribution in [3.63, 3.8) is 0 Å². The van der Waals surface area contributed by atoms with Gasteiger partial charge in [-0.3, -0.25) is 14.4 Å². The van der Waals surface area contributed by atoms with E-state index in [2.05, 4.69) is 10.5 Å². The molecular weight excluding hydrogens is 455 g/mol. The summed E-state index contributed by atoms with van der Waals surface area (Å²) in [5, 5.41) is 5.27. The van der Waals surface area contributed by atoms with E-state index in [1.807, 2.05) is 0 Å². The number of ether oxygens (including phenoxy) is 1. The lowest BCUT2D eigenvalue weighted by Gasteiger charge is -2.20. The van der Waals surface area contributed by atoms with Crippen LogP contribution in [0.15, 0.2) is 28.2 Å². The summed E-state index contributed by atoms with van der Waals surface area (Å²) in [5.74, 6) is -1.41. The van der Waals surface area contributed by atoms with E-state index >= 15 is 0 Å². The van der Waals surface area contributed by atoms with Crippen LogP contribution >= 0.6 is 11.6 Å². The van der Waals surface area contributed by atoms with Gasteiger partial charge >= 0.3 is 0 Å². The number of aromatic nitrogens is 1. The number of halogens is 2. The Morgan fingerprint density at radius 3 is 2.88 bits per heavy atom. The first kappa shape index (κ1) is 24.5. The first-order chi connectivity index (χ1) is 15.8. The van der Waals surface area contributed by atoms with E-state index in [1.165, 1.54) is 12.1 Å². The molecule has 11 heteroatoms. The minimum Gasteiger partial charge on any atom is -0.356 e. The molecule has 176 valence electrons. The Balaban J connectivity index is 1.86. The fourth-order valence-corrected chi connectivity index (χ4v) is 4.07. The Kier molecular flexibility index (Phi) is 7.93. The van der Waals surface area contributed by atoms with Crippen LogP contribution in [0, 0.1) is 17.6 Å². The second kappa shape index (κ2) is 10.7. The molecule has 1 fully saturated rings. The average Bonchev–Trinajstić information content (AvgIpc) is 3.26. The van der Waals surface area contributed by atoms with Crippen molar-refractivity contribution < 1.29 is 18.7 Å². The van der Waals surface area contributed by atoms with Gasteiger partial charge in [0.1, 0.15) is 17.6 Å². The van der Waals surface area contributed by atoms with Crippen LogP contribution in [0.4, 0.5) is 10.1 Å². The van der Waals surface area contributed by atoms with Crippen LogP contribution < -0.4 is 10.7 Å². The fraction of sp³-hybridized carbons (Fsp3) is 0.409. The highest BCUT2D eigenvalue weighted by molar-refractivity contribution is 6.30. The SMILES string of the molecule is Cc1c(N=O)c(=O)c(C(=O)NCc2cccc(Cl)c2F)c(CCCC2OCCN2C=O)n1C. The van der Waals surface area contributed by atoms with E-state index in [1.54, 1.807) is 29.5 Å². The summed E-state index contributed by atoms with van der Waals surface area (Å²) in [6, 6.07) is 4.40. The topological polar surface area (TPSA) is 110 Å². The van der Waals surface area contributed by atoms with E-state index in [0.717, 1.165) is 6.41 Å². The van der Waals surface area contributed by atoms with Crippen LogP contribution in [-0.2, 0) is 29.5 Å². The molecule has 1 unspecified atom stereocenters. The Morgan fingerprint density at radius 2 is 2.18 bits per heavy atom. The van der Waals surface area contributed by atoms with Gasteiger partial charge < -0.3 is 19.5 Å². The molecule has 1 aliphatic rings. The van der Waals surface area contributed by atoms with Gasteiger partial charge in [0.25, 0.3) is 5.91 Å². The van der Waals surface area contributed by atoms with Crippen LogP contribution in [0.5, 0.6) is 0 Å². The minimum absolute atomic E-state index is 0.0837. The molecular formula is C22H24ClFN4O5. The van der Waals surface area contributed by atoms with Crippen LogP contribution in [0.1, 0.15) is 40.2 Å². The summed E-state index contributed by atoms with van der Waals surface area (Å²) in [6.07, 6.45) is 1.70. The van der Waals surface area contributed by atoms with Crippen molar-refractivity contribution in [2.45, 2.75) is 39.0 Å². The highest BCUT2D eigenvalue weighted by atomic mass is 35.5. The van der Waals surface area contributed by atoms with Crippen molar-refractivity contribution in [2.24, 2.45) is 12.2 Å². The highest BCUT2D eigenvalue weighted by Gasteiger charge is 2.26. The molecule has 9 nitrogen and oxygen atoms in total. The van der Waals surface area contributed by atoms with Crippen molar-refractivity contribution in [3.05, 3.63) is 66.7 Å². The molecule has 2 heterocycles. The van der Waals surface area contributed by atoms with Gasteiger partial charge in [0.2, 0.25) is 11.8 Å². The van der Waals surface area contributed by atoms with E-state index in [-0.39, 0.29) is 34.6 Å². The minimum atomic E-state index is -0.786. The number of carbonyl (C=O) groups excluding carboxylic acids is 2. The van der Waals surface area contributed by atoms with Crippen molar-refractivity contribution in [1.29, 1.82) is 0 Å². The highest BCUT2D eigenvalue weighted by Crippen LogP contribution is 2.22. The third-order valence-electron chi connectivity index (χ3n) is 5.80. The Morgan fingerprint density at radius 1 is 1.42 bits per heavy atom. The van der Waals surface area contributed by atoms with Gasteiger partial charge in [-0.2, -0.15) is 0 Å². The monoisotopic (exact) mass is 478 g/mol. The van der Waals surface area contributed by atoms with Crippen molar-refractivity contribution in [1.82, 2.24) is 14.8 Å². The predicted molar refractivity (Wildman–Crippen MR) is 120 cm³/mol. The zero-order chi connectivity index (χ0) is 24.1. The second-order valence-corrected chi connectivity index (χ2v) is 8.10. The molecule has 1 saturated heterocycles. The summed E-state index contributed by atoms with van der Waals surface area (Å²) < 4.78 is 21.3. The Labute approximate surface area is 194 Å². The lowest BCUT2D eigenvalue weighted by molar-refractivity contribution is -0.122. The molecule has 1 N–H and O–H groups in total. The summed E-state index contributed by atoms with van der Waals surface area (Å²) in [4.78, 5) is 49.9. The zero-order valence-electron chi connectivity index (χ0n) is 18.3. The smallest absolute Gasteiger partial charge is 0.257 e. The number of amides is 2. The molecule has 3 rings (SSSR count). The Bertz CT molecular complexity index is 1140. The summed E-state index contributed by atoms with van der Waals surface area (Å²) in [5.41, 5.74) is -0.473. The number of nitrogens with zero attached hydrogens (tertiary/aromatic N) is 3. The lowest BCUT2D eigenvalue weighted by Crippen LogP contribution is -2.33. The lowest BCUT2D eigenvalue weighted by atomic mass is 10.0. The van der Waals surface area contributed by atoms with Crippen LogP contribution in [0.25, 0.3) is 0 Å². The third-order valence-corrected chi connectivity index (χ3v) is 6.09. The zero-order valence-corrected chi connectivity index (χ0v) is 19.0. The molecule has 1 aliphatic heterocycles. The van der Waals surface area contributed by atoms with Gasteiger partial charge in [-0.05, 0) is 37.4 Å². The van der Waals surface area contributed by atoms with Crippen LogP contribution in [0.3, 0.4) is 0 Å². The maximum atomic E-state index is 14.2. The van der Waals surface area contributed by atoms with Gasteiger partial charge in [0.05, 0.1) is 11.6 Å². The maximum Gasteiger partial charge on any atom is 0.257 e. The summed E-state index contributed by atoms with van der Waals surface area (Å²) in [7, 11) is 1.63. The number of hydrogen-bond donors (Lipinski definition) is 1. The standard InChI is InChI=1S/C22H24ClFN4O5/c1-13-20(26-32)21(30)18(22(31)25-11-14-5-3-6-15(23)19(14)24)16(27(13)2)7-4-8-17-28(12-29)9-10-33-17/h3,5-6,12,17H,4,7-11H2,1-2H3,(H,25,31). The molecule has 2 amide bonds. The van der Waals surface area contributed by atoms with E-state index in [9.17, 15) is 23.7 Å². The summed E-state index contributed by atoms with van der Waals surface area (Å²) in [6.45, 7) is 2.34. The van der Waals surface area contributed by atoms with E-state index in [4.69, 9.17) is 16.3 Å². The van der Waals surface area contributed by atoms with Gasteiger partial charge in [-0.15, -0.1) is 4.91 Å². The molecule has 0 radical (unpaired) electrons. The number of nitroso groups, excluding NO2 is 1. The number of pyridine rings is 1. The number of hydrogen-bond acceptors (Lipinski definition) is 6. The van der Waals surface area contributed by atoms with Crippen LogP contribution in [0.2, 0.25) is 5.02 Å². The van der Waals surface area contributed by atoms with Gasteiger partial charge in [0.15, 0.2) is 5.69 Å². The number of carbonyl (C=O) groups is 2. The van der Waals surface area contributed by atoms with E-state index in [0.29, 0.717) is 43.8 Å². The van der Waals surface area contributed by atoms with E-state index < -0.39 is 17.2 Å². The number of nitrogens with one attached hydrogen (secondary N) is 1. The largest absolute Gasteiger partial charge is 0.356 e. The summed E-state index contributed by atoms with van der Waals surface area (Å²) >= 11 is 5.78. The third kappa shape index (κ3) is 5.12. The van der Waals surface area contributed by atoms with Crippen molar-refractivity contribution in [2.75, 3.05) is 13.2 Å². The molecule has 1 aromatic heterocycles. The molecule has 0 aliphatic carbocycles. The number of benzene rings is 1. The molecule has 2 aromatic rings. The first-order valence-electron chi connectivity index (χ1n) is 10.4. The Hall–Kier alpha value is -3.11. The first-order valence-corrected chi connectivity index (χ1v) is 10.8. The molecule has 1 atom stereocenters. The molecule has 0 bridgehead atoms. The molecule has 33 heavy (non-hydrogen) atoms. The normalized spacial score (nSPS) is 15.5. The maximum absolute atomic E-state index is 14.2. The van der Waals surface area contributed by atoms with Crippen LogP contribution in [-0.4, -0.2) is 41.2 Å². The molecule has 1 aromatic carbocycles. The van der Waals surface area contributed by atoms with Gasteiger partial charge in [-0.25, -0.2) is 4.39 Å². The quantitative estimate of drug-likeness (QED) is 0.440. The second-order valence-electron chi connectivity index (χ2n) is 7.69. The molecule has 0 saturated carbocycles. The van der Waals surface area contributed by atoms with Gasteiger partial charge in [0, 0.05) is 37.1 Å². The fourth-order valence-electron chi connectivity index (χ4n) is 3.87. The molecule has 0 spiro atoms. The van der Waals surface area contributed by atoms with Crippen molar-refractivity contribution >= 4 is 29.6 Å². The number of rotatable bonds is 9. The average molecular weight is 479 g/mol. The van der Waals surface area contributed by atoms with Crippen molar-refractivity contribution in [3.8, 4) is 0 Å². The van der Waals surface area contributed by atoms with Gasteiger partial charge in [-0.1, -0.05) is 23.7 Å². The predicted octanol–water partition coefficient (Wildman–Crippen LogP) is 2.95.